The maximum atomic E-state index is 11.8. The number of hydrogen-bond donors (Lipinski definition) is 2. The Morgan fingerprint density at radius 1 is 1.33 bits per heavy atom. The summed E-state index contributed by atoms with van der Waals surface area (Å²) in [4.78, 5) is 25.8. The highest BCUT2D eigenvalue weighted by atomic mass is 79.9. The summed E-state index contributed by atoms with van der Waals surface area (Å²) in [7, 11) is 1.52. The number of benzene rings is 1. The molecule has 21 heavy (non-hydrogen) atoms. The van der Waals surface area contributed by atoms with Gasteiger partial charge in [0, 0.05) is 10.7 Å². The largest absolute Gasteiger partial charge is 0.493 e. The number of ether oxygens (including phenoxy) is 2. The molecule has 2 N–H and O–H groups in total. The lowest BCUT2D eigenvalue weighted by atomic mass is 10.3. The first-order chi connectivity index (χ1) is 10.1. The molecule has 7 heteroatoms. The van der Waals surface area contributed by atoms with Gasteiger partial charge >= 0.3 is 0 Å². The molecule has 0 unspecified atom stereocenters. The Bertz CT molecular complexity index is 699. The number of amides is 1. The number of anilines is 1. The quantitative estimate of drug-likeness (QED) is 0.863. The highest BCUT2D eigenvalue weighted by Gasteiger charge is 2.09. The third kappa shape index (κ3) is 4.09. The van der Waals surface area contributed by atoms with E-state index >= 15 is 0 Å². The van der Waals surface area contributed by atoms with Crippen molar-refractivity contribution in [2.75, 3.05) is 19.0 Å². The van der Waals surface area contributed by atoms with Crippen LogP contribution in [0.4, 0.5) is 5.69 Å². The number of hydrogen-bond acceptors (Lipinski definition) is 4. The summed E-state index contributed by atoms with van der Waals surface area (Å²) >= 11 is 3.21. The molecule has 0 saturated heterocycles. The summed E-state index contributed by atoms with van der Waals surface area (Å²) < 4.78 is 11.1. The molecular weight excluding hydrogens is 340 g/mol. The second-order valence-electron chi connectivity index (χ2n) is 4.05. The Balaban J connectivity index is 1.99. The monoisotopic (exact) mass is 352 g/mol. The number of aromatic amines is 1. The molecular formula is C14H13BrN2O4. The van der Waals surface area contributed by atoms with E-state index in [0.29, 0.717) is 16.0 Å². The van der Waals surface area contributed by atoms with Gasteiger partial charge in [-0.2, -0.15) is 0 Å². The van der Waals surface area contributed by atoms with Crippen molar-refractivity contribution in [3.05, 3.63) is 51.4 Å². The molecule has 110 valence electrons. The molecule has 6 nitrogen and oxygen atoms in total. The van der Waals surface area contributed by atoms with Gasteiger partial charge < -0.3 is 19.8 Å². The molecule has 0 fully saturated rings. The van der Waals surface area contributed by atoms with Crippen molar-refractivity contribution in [1.82, 2.24) is 4.98 Å². The number of para-hydroxylation sites is 2. The van der Waals surface area contributed by atoms with Gasteiger partial charge in [-0.1, -0.05) is 12.1 Å². The van der Waals surface area contributed by atoms with Crippen LogP contribution in [0.3, 0.4) is 0 Å². The van der Waals surface area contributed by atoms with Crippen LogP contribution in [-0.4, -0.2) is 24.6 Å². The molecule has 0 saturated carbocycles. The number of methoxy groups -OCH3 is 1. The number of halogens is 1. The van der Waals surface area contributed by atoms with Gasteiger partial charge in [0.1, 0.15) is 5.69 Å². The Kier molecular flexibility index (Phi) is 4.99. The average Bonchev–Trinajstić information content (AvgIpc) is 2.49. The van der Waals surface area contributed by atoms with Crippen molar-refractivity contribution in [3.63, 3.8) is 0 Å². The second kappa shape index (κ2) is 6.94. The highest BCUT2D eigenvalue weighted by Crippen LogP contribution is 2.25. The molecule has 0 aliphatic heterocycles. The zero-order chi connectivity index (χ0) is 15.2. The standard InChI is InChI=1S/C14H13BrN2O4/c1-20-11-4-2-3-5-12(11)21-8-13(18)17-10-6-9(15)7-16-14(10)19/h2-7H,8H2,1H3,(H,16,19)(H,17,18). The summed E-state index contributed by atoms with van der Waals surface area (Å²) in [6.45, 7) is -0.230. The number of carbonyl (C=O) groups is 1. The minimum Gasteiger partial charge on any atom is -0.493 e. The molecule has 0 aliphatic carbocycles. The van der Waals surface area contributed by atoms with E-state index in [-0.39, 0.29) is 17.9 Å². The number of H-pyrrole nitrogens is 1. The Labute approximate surface area is 129 Å². The van der Waals surface area contributed by atoms with Crippen LogP contribution in [-0.2, 0) is 4.79 Å². The van der Waals surface area contributed by atoms with Crippen LogP contribution < -0.4 is 20.3 Å². The predicted molar refractivity (Wildman–Crippen MR) is 81.9 cm³/mol. The van der Waals surface area contributed by atoms with Gasteiger partial charge in [0.2, 0.25) is 0 Å². The molecule has 0 spiro atoms. The summed E-state index contributed by atoms with van der Waals surface area (Å²) in [6.07, 6.45) is 1.49. The van der Waals surface area contributed by atoms with Crippen LogP contribution >= 0.6 is 15.9 Å². The van der Waals surface area contributed by atoms with Gasteiger partial charge in [-0.15, -0.1) is 0 Å². The zero-order valence-corrected chi connectivity index (χ0v) is 12.8. The number of pyridine rings is 1. The number of nitrogens with one attached hydrogen (secondary N) is 2. The minimum absolute atomic E-state index is 0.151. The third-order valence-corrected chi connectivity index (χ3v) is 3.03. The fourth-order valence-corrected chi connectivity index (χ4v) is 1.96. The van der Waals surface area contributed by atoms with E-state index in [4.69, 9.17) is 9.47 Å². The zero-order valence-electron chi connectivity index (χ0n) is 11.2. The first kappa shape index (κ1) is 15.1. The van der Waals surface area contributed by atoms with Crippen molar-refractivity contribution in [2.24, 2.45) is 0 Å². The van der Waals surface area contributed by atoms with Crippen LogP contribution in [0.15, 0.2) is 45.8 Å². The molecule has 0 bridgehead atoms. The van der Waals surface area contributed by atoms with Gasteiger partial charge in [-0.3, -0.25) is 9.59 Å². The Hall–Kier alpha value is -2.28. The van der Waals surface area contributed by atoms with Crippen molar-refractivity contribution in [2.45, 2.75) is 0 Å². The molecule has 1 aromatic heterocycles. The fraction of sp³-hybridized carbons (Fsp3) is 0.143. The molecule has 2 aromatic rings. The van der Waals surface area contributed by atoms with E-state index < -0.39 is 5.91 Å². The van der Waals surface area contributed by atoms with Crippen molar-refractivity contribution in [1.29, 1.82) is 0 Å². The van der Waals surface area contributed by atoms with E-state index in [0.717, 1.165) is 0 Å². The van der Waals surface area contributed by atoms with E-state index in [1.807, 2.05) is 0 Å². The van der Waals surface area contributed by atoms with Gasteiger partial charge in [-0.05, 0) is 34.1 Å². The SMILES string of the molecule is COc1ccccc1OCC(=O)Nc1cc(Br)c[nH]c1=O. The number of aromatic nitrogens is 1. The third-order valence-electron chi connectivity index (χ3n) is 2.57. The molecule has 1 amide bonds. The molecule has 1 aromatic carbocycles. The summed E-state index contributed by atoms with van der Waals surface area (Å²) in [5.74, 6) is 0.549. The molecule has 2 rings (SSSR count). The molecule has 0 aliphatic rings. The van der Waals surface area contributed by atoms with Crippen molar-refractivity contribution in [3.8, 4) is 11.5 Å². The summed E-state index contributed by atoms with van der Waals surface area (Å²) in [6, 6.07) is 8.51. The van der Waals surface area contributed by atoms with Crippen LogP contribution in [0.5, 0.6) is 11.5 Å². The first-order valence-electron chi connectivity index (χ1n) is 6.04. The lowest BCUT2D eigenvalue weighted by Gasteiger charge is -2.10. The van der Waals surface area contributed by atoms with Crippen LogP contribution in [0.1, 0.15) is 0 Å². The first-order valence-corrected chi connectivity index (χ1v) is 6.83. The van der Waals surface area contributed by atoms with Crippen LogP contribution in [0.2, 0.25) is 0 Å². The highest BCUT2D eigenvalue weighted by molar-refractivity contribution is 9.10. The van der Waals surface area contributed by atoms with Crippen LogP contribution in [0.25, 0.3) is 0 Å². The fourth-order valence-electron chi connectivity index (χ4n) is 1.62. The lowest BCUT2D eigenvalue weighted by Crippen LogP contribution is -2.24. The number of carbonyl (C=O) groups excluding carboxylic acids is 1. The maximum absolute atomic E-state index is 11.8. The maximum Gasteiger partial charge on any atom is 0.271 e. The Morgan fingerprint density at radius 2 is 2.05 bits per heavy atom. The smallest absolute Gasteiger partial charge is 0.271 e. The van der Waals surface area contributed by atoms with Gasteiger partial charge in [0.15, 0.2) is 18.1 Å². The van der Waals surface area contributed by atoms with Gasteiger partial charge in [0.25, 0.3) is 11.5 Å². The Morgan fingerprint density at radius 3 is 2.76 bits per heavy atom. The van der Waals surface area contributed by atoms with E-state index in [1.54, 1.807) is 24.3 Å². The summed E-state index contributed by atoms with van der Waals surface area (Å²) in [5.41, 5.74) is -0.234. The van der Waals surface area contributed by atoms with Crippen molar-refractivity contribution >= 4 is 27.5 Å². The van der Waals surface area contributed by atoms with Gasteiger partial charge in [0.05, 0.1) is 7.11 Å². The minimum atomic E-state index is -0.440. The normalized spacial score (nSPS) is 10.0. The second-order valence-corrected chi connectivity index (χ2v) is 4.96. The average molecular weight is 353 g/mol. The predicted octanol–water partition coefficient (Wildman–Crippen LogP) is 2.16. The lowest BCUT2D eigenvalue weighted by molar-refractivity contribution is -0.118. The molecule has 0 radical (unpaired) electrons. The molecule has 1 heterocycles. The van der Waals surface area contributed by atoms with Crippen molar-refractivity contribution < 1.29 is 14.3 Å². The topological polar surface area (TPSA) is 80.4 Å². The molecule has 0 atom stereocenters. The van der Waals surface area contributed by atoms with E-state index in [2.05, 4.69) is 26.2 Å². The van der Waals surface area contributed by atoms with E-state index in [9.17, 15) is 9.59 Å². The summed E-state index contributed by atoms with van der Waals surface area (Å²) in [5, 5.41) is 2.48. The number of rotatable bonds is 5. The van der Waals surface area contributed by atoms with Crippen LogP contribution in [0, 0.1) is 0 Å². The van der Waals surface area contributed by atoms with Gasteiger partial charge in [-0.25, -0.2) is 0 Å². The van der Waals surface area contributed by atoms with E-state index in [1.165, 1.54) is 19.4 Å².